The zero-order chi connectivity index (χ0) is 13.1. The summed E-state index contributed by atoms with van der Waals surface area (Å²) in [5, 5.41) is 12.5. The Morgan fingerprint density at radius 3 is 2.65 bits per heavy atom. The molecule has 0 bridgehead atoms. The highest BCUT2D eigenvalue weighted by Gasteiger charge is 2.30. The number of nitrogens with one attached hydrogen (secondary N) is 1. The first-order valence-corrected chi connectivity index (χ1v) is 4.19. The quantitative estimate of drug-likeness (QED) is 0.642. The van der Waals surface area contributed by atoms with Crippen molar-refractivity contribution in [2.24, 2.45) is 0 Å². The Labute approximate surface area is 92.8 Å². The molecule has 0 aliphatic heterocycles. The van der Waals surface area contributed by atoms with Crippen LogP contribution in [0.15, 0.2) is 6.33 Å². The minimum atomic E-state index is -4.51. The molecule has 1 rings (SSSR count). The van der Waals surface area contributed by atoms with Crippen molar-refractivity contribution in [1.29, 1.82) is 0 Å². The Morgan fingerprint density at radius 1 is 1.53 bits per heavy atom. The van der Waals surface area contributed by atoms with Crippen LogP contribution in [0.4, 0.5) is 24.7 Å². The number of hydrogen-bond donors (Lipinski definition) is 1. The van der Waals surface area contributed by atoms with Gasteiger partial charge in [-0.15, -0.1) is 0 Å². The van der Waals surface area contributed by atoms with E-state index < -0.39 is 35.0 Å². The van der Waals surface area contributed by atoms with Crippen LogP contribution >= 0.6 is 0 Å². The summed E-state index contributed by atoms with van der Waals surface area (Å²) in [5.74, 6) is -0.950. The fraction of sp³-hybridized carbons (Fsp3) is 0.429. The zero-order valence-electron chi connectivity index (χ0n) is 8.48. The van der Waals surface area contributed by atoms with E-state index in [9.17, 15) is 23.3 Å². The van der Waals surface area contributed by atoms with Gasteiger partial charge >= 0.3 is 11.9 Å². The molecule has 1 N–H and O–H groups in total. The first-order chi connectivity index (χ1) is 7.85. The number of rotatable bonds is 4. The zero-order valence-corrected chi connectivity index (χ0v) is 8.48. The Kier molecular flexibility index (Phi) is 3.66. The molecular formula is C7H7F3N4O3. The van der Waals surface area contributed by atoms with Crippen molar-refractivity contribution in [1.82, 2.24) is 9.97 Å². The third-order valence-electron chi connectivity index (χ3n) is 1.62. The Balaban J connectivity index is 3.02. The van der Waals surface area contributed by atoms with Gasteiger partial charge in [-0.1, -0.05) is 0 Å². The monoisotopic (exact) mass is 252 g/mol. The molecule has 0 unspecified atom stereocenters. The van der Waals surface area contributed by atoms with E-state index in [1.54, 1.807) is 0 Å². The molecule has 94 valence electrons. The summed E-state index contributed by atoms with van der Waals surface area (Å²) >= 11 is 0. The fourth-order valence-electron chi connectivity index (χ4n) is 0.990. The molecule has 17 heavy (non-hydrogen) atoms. The maximum absolute atomic E-state index is 11.9. The summed E-state index contributed by atoms with van der Waals surface area (Å²) in [6.45, 7) is -1.44. The molecular weight excluding hydrogens is 245 g/mol. The van der Waals surface area contributed by atoms with Gasteiger partial charge < -0.3 is 10.1 Å². The second-order valence-electron chi connectivity index (χ2n) is 2.81. The summed E-state index contributed by atoms with van der Waals surface area (Å²) in [6, 6.07) is 0. The lowest BCUT2D eigenvalue weighted by molar-refractivity contribution is -0.385. The van der Waals surface area contributed by atoms with Gasteiger partial charge in [0.25, 0.3) is 5.88 Å². The van der Waals surface area contributed by atoms with Gasteiger partial charge in [-0.05, 0) is 0 Å². The van der Waals surface area contributed by atoms with E-state index in [0.717, 1.165) is 13.4 Å². The second kappa shape index (κ2) is 4.80. The SMILES string of the molecule is COc1ncnc(NCC(F)(F)F)c1[N+](=O)[O-]. The van der Waals surface area contributed by atoms with Gasteiger partial charge in [-0.25, -0.2) is 4.98 Å². The number of hydrogen-bond acceptors (Lipinski definition) is 6. The molecule has 0 aliphatic rings. The first-order valence-electron chi connectivity index (χ1n) is 4.19. The van der Waals surface area contributed by atoms with Crippen molar-refractivity contribution in [3.8, 4) is 5.88 Å². The van der Waals surface area contributed by atoms with Gasteiger partial charge in [0.1, 0.15) is 12.9 Å². The number of alkyl halides is 3. The van der Waals surface area contributed by atoms with Gasteiger partial charge in [-0.2, -0.15) is 18.2 Å². The van der Waals surface area contributed by atoms with Crippen LogP contribution in [0.5, 0.6) is 5.88 Å². The van der Waals surface area contributed by atoms with Crippen molar-refractivity contribution < 1.29 is 22.8 Å². The second-order valence-corrected chi connectivity index (χ2v) is 2.81. The minimum Gasteiger partial charge on any atom is -0.476 e. The summed E-state index contributed by atoms with van der Waals surface area (Å²) < 4.78 is 40.4. The first kappa shape index (κ1) is 12.9. The summed E-state index contributed by atoms with van der Waals surface area (Å²) in [6.07, 6.45) is -3.64. The molecule has 1 aromatic heterocycles. The van der Waals surface area contributed by atoms with Crippen LogP contribution < -0.4 is 10.1 Å². The van der Waals surface area contributed by atoms with Crippen LogP contribution in [0.2, 0.25) is 0 Å². The molecule has 1 heterocycles. The van der Waals surface area contributed by atoms with Crippen LogP contribution in [0.1, 0.15) is 0 Å². The highest BCUT2D eigenvalue weighted by Crippen LogP contribution is 2.30. The van der Waals surface area contributed by atoms with Crippen molar-refractivity contribution in [2.45, 2.75) is 6.18 Å². The molecule has 0 aromatic carbocycles. The third-order valence-corrected chi connectivity index (χ3v) is 1.62. The number of halogens is 3. The Morgan fingerprint density at radius 2 is 2.18 bits per heavy atom. The van der Waals surface area contributed by atoms with E-state index in [0.29, 0.717) is 0 Å². The molecule has 0 saturated carbocycles. The highest BCUT2D eigenvalue weighted by atomic mass is 19.4. The average molecular weight is 252 g/mol. The van der Waals surface area contributed by atoms with Crippen LogP contribution in [0, 0.1) is 10.1 Å². The lowest BCUT2D eigenvalue weighted by Crippen LogP contribution is -2.22. The number of ether oxygens (including phenoxy) is 1. The summed E-state index contributed by atoms with van der Waals surface area (Å²) in [4.78, 5) is 16.5. The molecule has 0 radical (unpaired) electrons. The molecule has 7 nitrogen and oxygen atoms in total. The molecule has 0 amide bonds. The van der Waals surface area contributed by atoms with E-state index in [-0.39, 0.29) is 0 Å². The van der Waals surface area contributed by atoms with E-state index in [2.05, 4.69) is 14.7 Å². The minimum absolute atomic E-state index is 0.408. The number of aromatic nitrogens is 2. The van der Waals surface area contributed by atoms with Crippen molar-refractivity contribution in [3.63, 3.8) is 0 Å². The third kappa shape index (κ3) is 3.43. The lowest BCUT2D eigenvalue weighted by Gasteiger charge is -2.09. The topological polar surface area (TPSA) is 90.2 Å². The number of nitro groups is 1. The van der Waals surface area contributed by atoms with Gasteiger partial charge in [0.2, 0.25) is 5.82 Å². The molecule has 0 saturated heterocycles. The van der Waals surface area contributed by atoms with Crippen LogP contribution in [-0.2, 0) is 0 Å². The molecule has 0 fully saturated rings. The van der Waals surface area contributed by atoms with E-state index in [1.165, 1.54) is 0 Å². The molecule has 0 aliphatic carbocycles. The highest BCUT2D eigenvalue weighted by molar-refractivity contribution is 5.61. The lowest BCUT2D eigenvalue weighted by atomic mass is 10.4. The average Bonchev–Trinajstić information content (AvgIpc) is 2.24. The van der Waals surface area contributed by atoms with Crippen molar-refractivity contribution in [3.05, 3.63) is 16.4 Å². The van der Waals surface area contributed by atoms with E-state index in [1.807, 2.05) is 5.32 Å². The summed E-state index contributed by atoms with van der Waals surface area (Å²) in [7, 11) is 1.11. The normalized spacial score (nSPS) is 11.1. The van der Waals surface area contributed by atoms with Gasteiger partial charge in [0.15, 0.2) is 0 Å². The van der Waals surface area contributed by atoms with Gasteiger partial charge in [-0.3, -0.25) is 10.1 Å². The van der Waals surface area contributed by atoms with Crippen LogP contribution in [-0.4, -0.2) is 34.7 Å². The smallest absolute Gasteiger partial charge is 0.405 e. The largest absolute Gasteiger partial charge is 0.476 e. The predicted molar refractivity (Wildman–Crippen MR) is 49.8 cm³/mol. The van der Waals surface area contributed by atoms with Gasteiger partial charge in [0, 0.05) is 0 Å². The predicted octanol–water partition coefficient (Wildman–Crippen LogP) is 1.37. The number of methoxy groups -OCH3 is 1. The standard InChI is InChI=1S/C7H7F3N4O3/c1-17-6-4(14(15)16)5(12-3-13-6)11-2-7(8,9)10/h3H,2H2,1H3,(H,11,12,13). The van der Waals surface area contributed by atoms with Crippen LogP contribution in [0.25, 0.3) is 0 Å². The molecule has 0 spiro atoms. The number of anilines is 1. The maximum Gasteiger partial charge on any atom is 0.405 e. The number of nitrogens with zero attached hydrogens (tertiary/aromatic N) is 3. The van der Waals surface area contributed by atoms with Crippen molar-refractivity contribution in [2.75, 3.05) is 19.0 Å². The Hall–Kier alpha value is -2.13. The Bertz CT molecular complexity index is 423. The molecule has 1 aromatic rings. The maximum atomic E-state index is 11.9. The molecule has 10 heteroatoms. The fourth-order valence-corrected chi connectivity index (χ4v) is 0.990. The summed E-state index contributed by atoms with van der Waals surface area (Å²) in [5.41, 5.74) is -0.737. The van der Waals surface area contributed by atoms with Crippen LogP contribution in [0.3, 0.4) is 0 Å². The van der Waals surface area contributed by atoms with E-state index >= 15 is 0 Å². The van der Waals surface area contributed by atoms with Gasteiger partial charge in [0.05, 0.1) is 12.0 Å². The molecule has 0 atom stereocenters. The van der Waals surface area contributed by atoms with Crippen molar-refractivity contribution >= 4 is 11.5 Å². The van der Waals surface area contributed by atoms with E-state index in [4.69, 9.17) is 0 Å².